The first-order chi connectivity index (χ1) is 8.71. The summed E-state index contributed by atoms with van der Waals surface area (Å²) < 4.78 is 5.55. The molecule has 1 heterocycles. The van der Waals surface area contributed by atoms with E-state index in [1.807, 2.05) is 0 Å². The summed E-state index contributed by atoms with van der Waals surface area (Å²) in [6.45, 7) is 3.56. The molecule has 0 spiro atoms. The second-order valence-electron chi connectivity index (χ2n) is 5.80. The molecule has 104 valence electrons. The highest BCUT2D eigenvalue weighted by Crippen LogP contribution is 2.37. The van der Waals surface area contributed by atoms with Crippen LogP contribution >= 0.6 is 0 Å². The highest BCUT2D eigenvalue weighted by atomic mass is 16.5. The smallest absolute Gasteiger partial charge is 0.225 e. The van der Waals surface area contributed by atoms with Gasteiger partial charge in [0.1, 0.15) is 0 Å². The fourth-order valence-corrected chi connectivity index (χ4v) is 3.27. The summed E-state index contributed by atoms with van der Waals surface area (Å²) in [7, 11) is 0. The Balaban J connectivity index is 1.84. The molecule has 2 aliphatic rings. The van der Waals surface area contributed by atoms with Crippen molar-refractivity contribution in [2.45, 2.75) is 51.6 Å². The lowest BCUT2D eigenvalue weighted by atomic mass is 9.87. The summed E-state index contributed by atoms with van der Waals surface area (Å²) in [4.78, 5) is 12.2. The molecule has 1 aliphatic carbocycles. The van der Waals surface area contributed by atoms with Crippen LogP contribution in [-0.2, 0) is 9.53 Å². The van der Waals surface area contributed by atoms with Crippen LogP contribution in [0.15, 0.2) is 0 Å². The Morgan fingerprint density at radius 1 is 1.44 bits per heavy atom. The molecule has 2 atom stereocenters. The number of aliphatic hydroxyl groups is 1. The van der Waals surface area contributed by atoms with Crippen molar-refractivity contribution in [3.63, 3.8) is 0 Å². The van der Waals surface area contributed by atoms with Gasteiger partial charge in [-0.1, -0.05) is 19.8 Å². The van der Waals surface area contributed by atoms with E-state index in [9.17, 15) is 9.90 Å². The highest BCUT2D eigenvalue weighted by molar-refractivity contribution is 5.79. The number of ether oxygens (including phenoxy) is 1. The highest BCUT2D eigenvalue weighted by Gasteiger charge is 2.36. The normalized spacial score (nSPS) is 30.6. The quantitative estimate of drug-likeness (QED) is 0.782. The zero-order valence-electron chi connectivity index (χ0n) is 11.3. The van der Waals surface area contributed by atoms with Crippen molar-refractivity contribution in [1.82, 2.24) is 5.32 Å². The number of amides is 1. The Morgan fingerprint density at radius 2 is 2.17 bits per heavy atom. The number of hydrogen-bond donors (Lipinski definition) is 2. The van der Waals surface area contributed by atoms with Crippen molar-refractivity contribution < 1.29 is 14.6 Å². The third-order valence-corrected chi connectivity index (χ3v) is 4.59. The number of carbonyl (C=O) groups excluding carboxylic acids is 1. The molecule has 0 radical (unpaired) electrons. The van der Waals surface area contributed by atoms with Crippen molar-refractivity contribution in [2.75, 3.05) is 19.8 Å². The van der Waals surface area contributed by atoms with E-state index in [0.29, 0.717) is 13.2 Å². The van der Waals surface area contributed by atoms with E-state index in [1.165, 1.54) is 12.8 Å². The van der Waals surface area contributed by atoms with Gasteiger partial charge in [0.05, 0.1) is 18.6 Å². The van der Waals surface area contributed by atoms with Crippen molar-refractivity contribution in [1.29, 1.82) is 0 Å². The van der Waals surface area contributed by atoms with Gasteiger partial charge in [0.25, 0.3) is 0 Å². The van der Waals surface area contributed by atoms with Gasteiger partial charge in [0.2, 0.25) is 5.91 Å². The third kappa shape index (κ3) is 2.86. The Bertz CT molecular complexity index is 287. The van der Waals surface area contributed by atoms with Crippen LogP contribution in [0.2, 0.25) is 0 Å². The fourth-order valence-electron chi connectivity index (χ4n) is 3.27. The van der Waals surface area contributed by atoms with Crippen LogP contribution in [0.5, 0.6) is 0 Å². The van der Waals surface area contributed by atoms with E-state index in [-0.39, 0.29) is 30.0 Å². The lowest BCUT2D eigenvalue weighted by Gasteiger charge is -2.27. The third-order valence-electron chi connectivity index (χ3n) is 4.59. The number of hydrogen-bond acceptors (Lipinski definition) is 3. The van der Waals surface area contributed by atoms with E-state index in [4.69, 9.17) is 4.74 Å². The summed E-state index contributed by atoms with van der Waals surface area (Å²) in [6, 6.07) is 0. The fraction of sp³-hybridized carbons (Fsp3) is 0.929. The van der Waals surface area contributed by atoms with Gasteiger partial charge < -0.3 is 15.2 Å². The summed E-state index contributed by atoms with van der Waals surface area (Å²) >= 11 is 0. The molecule has 0 aromatic heterocycles. The second kappa shape index (κ2) is 6.02. The minimum absolute atomic E-state index is 0.00662. The summed E-state index contributed by atoms with van der Waals surface area (Å²) in [5.41, 5.74) is -0.0587. The molecule has 2 fully saturated rings. The molecule has 0 aromatic carbocycles. The van der Waals surface area contributed by atoms with Crippen LogP contribution < -0.4 is 5.32 Å². The van der Waals surface area contributed by atoms with Crippen LogP contribution in [0.25, 0.3) is 0 Å². The van der Waals surface area contributed by atoms with E-state index in [2.05, 4.69) is 12.2 Å². The second-order valence-corrected chi connectivity index (χ2v) is 5.80. The summed E-state index contributed by atoms with van der Waals surface area (Å²) in [6.07, 6.45) is 6.20. The number of rotatable bonds is 5. The van der Waals surface area contributed by atoms with Gasteiger partial charge in [0, 0.05) is 18.6 Å². The molecular weight excluding hydrogens is 230 g/mol. The molecule has 1 saturated heterocycles. The molecule has 1 amide bonds. The Hall–Kier alpha value is -0.610. The summed E-state index contributed by atoms with van der Waals surface area (Å²) in [5, 5.41) is 12.6. The zero-order valence-corrected chi connectivity index (χ0v) is 11.3. The van der Waals surface area contributed by atoms with Gasteiger partial charge in [-0.05, 0) is 25.7 Å². The number of aliphatic hydroxyl groups excluding tert-OH is 1. The molecule has 18 heavy (non-hydrogen) atoms. The van der Waals surface area contributed by atoms with E-state index >= 15 is 0 Å². The standard InChI is InChI=1S/C14H25NO3/c1-2-12-11(5-8-18-12)13(17)15-9-14(10-16)6-3-4-7-14/h11-12,16H,2-10H2,1H3,(H,15,17). The Kier molecular flexibility index (Phi) is 4.62. The molecular formula is C14H25NO3. The van der Waals surface area contributed by atoms with Crippen LogP contribution in [-0.4, -0.2) is 36.9 Å². The van der Waals surface area contributed by atoms with Crippen molar-refractivity contribution >= 4 is 5.91 Å². The van der Waals surface area contributed by atoms with Crippen LogP contribution in [0.3, 0.4) is 0 Å². The maximum absolute atomic E-state index is 12.2. The monoisotopic (exact) mass is 255 g/mol. The van der Waals surface area contributed by atoms with Gasteiger partial charge in [-0.25, -0.2) is 0 Å². The molecule has 4 nitrogen and oxygen atoms in total. The zero-order chi connectivity index (χ0) is 13.0. The summed E-state index contributed by atoms with van der Waals surface area (Å²) in [5.74, 6) is 0.117. The van der Waals surface area contributed by atoms with E-state index < -0.39 is 0 Å². The minimum atomic E-state index is -0.0587. The first kappa shape index (κ1) is 13.8. The van der Waals surface area contributed by atoms with E-state index in [1.54, 1.807) is 0 Å². The predicted octanol–water partition coefficient (Wildman–Crippen LogP) is 1.47. The molecule has 2 N–H and O–H groups in total. The number of carbonyl (C=O) groups is 1. The molecule has 0 aromatic rings. The molecule has 2 unspecified atom stereocenters. The van der Waals surface area contributed by atoms with Gasteiger partial charge in [0.15, 0.2) is 0 Å². The lowest BCUT2D eigenvalue weighted by Crippen LogP contribution is -2.42. The maximum atomic E-state index is 12.2. The van der Waals surface area contributed by atoms with Crippen LogP contribution in [0.4, 0.5) is 0 Å². The SMILES string of the molecule is CCC1OCCC1C(=O)NCC1(CO)CCCC1. The molecule has 1 saturated carbocycles. The van der Waals surface area contributed by atoms with E-state index in [0.717, 1.165) is 25.7 Å². The molecule has 0 bridgehead atoms. The van der Waals surface area contributed by atoms with Gasteiger partial charge in [-0.3, -0.25) is 4.79 Å². The Morgan fingerprint density at radius 3 is 2.78 bits per heavy atom. The Labute approximate surface area is 109 Å². The molecule has 4 heteroatoms. The van der Waals surface area contributed by atoms with Crippen molar-refractivity contribution in [3.05, 3.63) is 0 Å². The minimum Gasteiger partial charge on any atom is -0.396 e. The lowest BCUT2D eigenvalue weighted by molar-refractivity contribution is -0.127. The van der Waals surface area contributed by atoms with Gasteiger partial charge in [-0.15, -0.1) is 0 Å². The van der Waals surface area contributed by atoms with Crippen LogP contribution in [0, 0.1) is 11.3 Å². The largest absolute Gasteiger partial charge is 0.396 e. The van der Waals surface area contributed by atoms with Gasteiger partial charge in [-0.2, -0.15) is 0 Å². The van der Waals surface area contributed by atoms with Gasteiger partial charge >= 0.3 is 0 Å². The first-order valence-corrected chi connectivity index (χ1v) is 7.21. The average Bonchev–Trinajstić information content (AvgIpc) is 3.05. The average molecular weight is 255 g/mol. The topological polar surface area (TPSA) is 58.6 Å². The number of nitrogens with one attached hydrogen (secondary N) is 1. The van der Waals surface area contributed by atoms with Crippen LogP contribution in [0.1, 0.15) is 45.4 Å². The van der Waals surface area contributed by atoms with Crippen molar-refractivity contribution in [3.8, 4) is 0 Å². The maximum Gasteiger partial charge on any atom is 0.225 e. The van der Waals surface area contributed by atoms with Crippen molar-refractivity contribution in [2.24, 2.45) is 11.3 Å². The first-order valence-electron chi connectivity index (χ1n) is 7.21. The molecule has 2 rings (SSSR count). The predicted molar refractivity (Wildman–Crippen MR) is 69.1 cm³/mol. The molecule has 1 aliphatic heterocycles.